The summed E-state index contributed by atoms with van der Waals surface area (Å²) < 4.78 is 18.2. The fraction of sp³-hybridized carbons (Fsp3) is 0.533. The van der Waals surface area contributed by atoms with Crippen molar-refractivity contribution >= 4 is 0 Å². The topological polar surface area (TPSA) is 62.3 Å². The predicted molar refractivity (Wildman–Crippen MR) is 76.5 cm³/mol. The lowest BCUT2D eigenvalue weighted by atomic mass is 9.99. The third-order valence-electron chi connectivity index (χ3n) is 3.20. The number of ether oxygens (including phenoxy) is 1. The molecule has 0 spiro atoms. The Labute approximate surface area is 119 Å². The highest BCUT2D eigenvalue weighted by Crippen LogP contribution is 2.24. The van der Waals surface area contributed by atoms with Gasteiger partial charge in [-0.3, -0.25) is 4.90 Å². The largest absolute Gasteiger partial charge is 0.383 e. The summed E-state index contributed by atoms with van der Waals surface area (Å²) in [5.74, 6) is -0.266. The zero-order valence-corrected chi connectivity index (χ0v) is 12.1. The zero-order chi connectivity index (χ0) is 15.0. The van der Waals surface area contributed by atoms with Gasteiger partial charge in [0.25, 0.3) is 0 Å². The molecule has 110 valence electrons. The average molecular weight is 279 g/mol. The number of nitrogens with zero attached hydrogens (tertiary/aromatic N) is 2. The number of methoxy groups -OCH3 is 1. The molecule has 2 unspecified atom stereocenters. The van der Waals surface area contributed by atoms with Gasteiger partial charge in [0.2, 0.25) is 0 Å². The number of halogens is 1. The molecule has 0 aliphatic rings. The minimum absolute atomic E-state index is 0.0564. The lowest BCUT2D eigenvalue weighted by Gasteiger charge is -2.34. The SMILES string of the molecule is COCCN(CCC#N)C(c1ccc(F)cc1)C(C)N. The van der Waals surface area contributed by atoms with Crippen LogP contribution in [0.2, 0.25) is 0 Å². The summed E-state index contributed by atoms with van der Waals surface area (Å²) in [5, 5.41) is 8.78. The van der Waals surface area contributed by atoms with Gasteiger partial charge >= 0.3 is 0 Å². The fourth-order valence-corrected chi connectivity index (χ4v) is 2.30. The molecule has 0 amide bonds. The molecule has 0 saturated heterocycles. The molecule has 0 saturated carbocycles. The Kier molecular flexibility index (Phi) is 7.16. The van der Waals surface area contributed by atoms with E-state index in [4.69, 9.17) is 15.7 Å². The van der Waals surface area contributed by atoms with Crippen LogP contribution in [0.3, 0.4) is 0 Å². The van der Waals surface area contributed by atoms with E-state index >= 15 is 0 Å². The summed E-state index contributed by atoms with van der Waals surface area (Å²) in [7, 11) is 1.64. The number of rotatable bonds is 8. The minimum Gasteiger partial charge on any atom is -0.383 e. The van der Waals surface area contributed by atoms with E-state index in [1.165, 1.54) is 12.1 Å². The maximum Gasteiger partial charge on any atom is 0.123 e. The first-order valence-corrected chi connectivity index (χ1v) is 6.71. The molecule has 5 heteroatoms. The van der Waals surface area contributed by atoms with Crippen LogP contribution >= 0.6 is 0 Å². The van der Waals surface area contributed by atoms with Crippen LogP contribution < -0.4 is 5.73 Å². The molecule has 1 aromatic carbocycles. The molecule has 0 heterocycles. The Balaban J connectivity index is 2.94. The highest BCUT2D eigenvalue weighted by molar-refractivity contribution is 5.21. The normalized spacial score (nSPS) is 14.0. The molecule has 2 N–H and O–H groups in total. The van der Waals surface area contributed by atoms with Gasteiger partial charge < -0.3 is 10.5 Å². The van der Waals surface area contributed by atoms with Crippen molar-refractivity contribution in [1.29, 1.82) is 5.26 Å². The van der Waals surface area contributed by atoms with Gasteiger partial charge in [-0.1, -0.05) is 12.1 Å². The second-order valence-corrected chi connectivity index (χ2v) is 4.79. The van der Waals surface area contributed by atoms with Gasteiger partial charge in [-0.05, 0) is 24.6 Å². The first-order chi connectivity index (χ1) is 9.60. The second kappa shape index (κ2) is 8.64. The minimum atomic E-state index is -0.266. The van der Waals surface area contributed by atoms with Crippen molar-refractivity contribution in [3.8, 4) is 6.07 Å². The maximum atomic E-state index is 13.0. The quantitative estimate of drug-likeness (QED) is 0.791. The van der Waals surface area contributed by atoms with Crippen LogP contribution in [0.4, 0.5) is 4.39 Å². The number of hydrogen-bond acceptors (Lipinski definition) is 4. The Morgan fingerprint density at radius 2 is 2.00 bits per heavy atom. The molecule has 0 radical (unpaired) electrons. The van der Waals surface area contributed by atoms with Crippen LogP contribution in [0, 0.1) is 17.1 Å². The van der Waals surface area contributed by atoms with Crippen molar-refractivity contribution in [2.75, 3.05) is 26.8 Å². The van der Waals surface area contributed by atoms with Gasteiger partial charge in [0.15, 0.2) is 0 Å². The molecule has 1 aromatic rings. The number of nitrogens with two attached hydrogens (primary N) is 1. The molecule has 2 atom stereocenters. The molecule has 20 heavy (non-hydrogen) atoms. The van der Waals surface area contributed by atoms with Crippen LogP contribution in [0.15, 0.2) is 24.3 Å². The van der Waals surface area contributed by atoms with Crippen LogP contribution in [-0.2, 0) is 4.74 Å². The van der Waals surface area contributed by atoms with Crippen LogP contribution in [0.1, 0.15) is 24.9 Å². The predicted octanol–water partition coefficient (Wildman–Crippen LogP) is 2.08. The Hall–Kier alpha value is -1.48. The van der Waals surface area contributed by atoms with E-state index in [1.807, 2.05) is 6.92 Å². The van der Waals surface area contributed by atoms with E-state index in [9.17, 15) is 4.39 Å². The third-order valence-corrected chi connectivity index (χ3v) is 3.20. The van der Waals surface area contributed by atoms with E-state index in [0.717, 1.165) is 5.56 Å². The maximum absolute atomic E-state index is 13.0. The summed E-state index contributed by atoms with van der Waals surface area (Å²) in [6.45, 7) is 3.78. The number of benzene rings is 1. The highest BCUT2D eigenvalue weighted by Gasteiger charge is 2.23. The summed E-state index contributed by atoms with van der Waals surface area (Å²) in [6, 6.07) is 8.32. The van der Waals surface area contributed by atoms with Crippen LogP contribution in [0.25, 0.3) is 0 Å². The van der Waals surface area contributed by atoms with E-state index in [2.05, 4.69) is 11.0 Å². The third kappa shape index (κ3) is 4.89. The molecule has 0 aliphatic carbocycles. The molecule has 0 bridgehead atoms. The van der Waals surface area contributed by atoms with Gasteiger partial charge in [-0.25, -0.2) is 4.39 Å². The fourth-order valence-electron chi connectivity index (χ4n) is 2.30. The number of nitriles is 1. The van der Waals surface area contributed by atoms with Gasteiger partial charge in [-0.15, -0.1) is 0 Å². The summed E-state index contributed by atoms with van der Waals surface area (Å²) in [6.07, 6.45) is 0.425. The van der Waals surface area contributed by atoms with Gasteiger partial charge in [0, 0.05) is 38.7 Å². The van der Waals surface area contributed by atoms with Gasteiger partial charge in [-0.2, -0.15) is 5.26 Å². The Morgan fingerprint density at radius 3 is 2.50 bits per heavy atom. The second-order valence-electron chi connectivity index (χ2n) is 4.79. The molecular weight excluding hydrogens is 257 g/mol. The molecular formula is C15H22FN3O. The van der Waals surface area contributed by atoms with E-state index in [0.29, 0.717) is 26.1 Å². The summed E-state index contributed by atoms with van der Waals surface area (Å²) in [5.41, 5.74) is 7.05. The molecule has 0 aromatic heterocycles. The summed E-state index contributed by atoms with van der Waals surface area (Å²) in [4.78, 5) is 2.12. The average Bonchev–Trinajstić information content (AvgIpc) is 2.43. The summed E-state index contributed by atoms with van der Waals surface area (Å²) >= 11 is 0. The van der Waals surface area contributed by atoms with Gasteiger partial charge in [0.05, 0.1) is 12.7 Å². The first-order valence-electron chi connectivity index (χ1n) is 6.71. The van der Waals surface area contributed by atoms with Crippen molar-refractivity contribution in [3.05, 3.63) is 35.6 Å². The molecule has 0 fully saturated rings. The van der Waals surface area contributed by atoms with Crippen molar-refractivity contribution in [2.45, 2.75) is 25.4 Å². The van der Waals surface area contributed by atoms with Crippen molar-refractivity contribution in [2.24, 2.45) is 5.73 Å². The first kappa shape index (κ1) is 16.6. The van der Waals surface area contributed by atoms with Crippen molar-refractivity contribution < 1.29 is 9.13 Å². The zero-order valence-electron chi connectivity index (χ0n) is 12.1. The highest BCUT2D eigenvalue weighted by atomic mass is 19.1. The Morgan fingerprint density at radius 1 is 1.35 bits per heavy atom. The van der Waals surface area contributed by atoms with E-state index < -0.39 is 0 Å². The van der Waals surface area contributed by atoms with Crippen molar-refractivity contribution in [3.63, 3.8) is 0 Å². The standard InChI is InChI=1S/C15H22FN3O/c1-12(18)15(13-4-6-14(16)7-5-13)19(9-3-8-17)10-11-20-2/h4-7,12,15H,3,9-11,18H2,1-2H3. The van der Waals surface area contributed by atoms with Crippen molar-refractivity contribution in [1.82, 2.24) is 4.90 Å². The number of hydrogen-bond donors (Lipinski definition) is 1. The molecule has 4 nitrogen and oxygen atoms in total. The molecule has 1 rings (SSSR count). The smallest absolute Gasteiger partial charge is 0.123 e. The van der Waals surface area contributed by atoms with Crippen LogP contribution in [-0.4, -0.2) is 37.7 Å². The van der Waals surface area contributed by atoms with Crippen LogP contribution in [0.5, 0.6) is 0 Å². The molecule has 0 aliphatic heterocycles. The lowest BCUT2D eigenvalue weighted by Crippen LogP contribution is -2.41. The lowest BCUT2D eigenvalue weighted by molar-refractivity contribution is 0.112. The Bertz CT molecular complexity index is 428. The van der Waals surface area contributed by atoms with E-state index in [-0.39, 0.29) is 17.9 Å². The van der Waals surface area contributed by atoms with Gasteiger partial charge in [0.1, 0.15) is 5.82 Å². The monoisotopic (exact) mass is 279 g/mol. The van der Waals surface area contributed by atoms with E-state index in [1.54, 1.807) is 19.2 Å².